The van der Waals surface area contributed by atoms with E-state index < -0.39 is 0 Å². The molecule has 5 nitrogen and oxygen atoms in total. The zero-order valence-electron chi connectivity index (χ0n) is 12.4. The SMILES string of the molecule is CCCCOC(=O)c1ccc(NC(=O)C2CCNC2)cc1. The molecule has 1 unspecified atom stereocenters. The van der Waals surface area contributed by atoms with Gasteiger partial charge in [-0.2, -0.15) is 0 Å². The Kier molecular flexibility index (Phi) is 5.75. The number of amides is 1. The molecule has 0 saturated carbocycles. The van der Waals surface area contributed by atoms with Crippen molar-refractivity contribution in [2.75, 3.05) is 25.0 Å². The Bertz CT molecular complexity index is 479. The van der Waals surface area contributed by atoms with Crippen LogP contribution in [0.5, 0.6) is 0 Å². The Morgan fingerprint density at radius 1 is 1.33 bits per heavy atom. The lowest BCUT2D eigenvalue weighted by Crippen LogP contribution is -2.24. The molecule has 1 aliphatic rings. The summed E-state index contributed by atoms with van der Waals surface area (Å²) >= 11 is 0. The van der Waals surface area contributed by atoms with Crippen molar-refractivity contribution in [1.29, 1.82) is 0 Å². The molecule has 114 valence electrons. The van der Waals surface area contributed by atoms with Crippen molar-refractivity contribution < 1.29 is 14.3 Å². The summed E-state index contributed by atoms with van der Waals surface area (Å²) in [4.78, 5) is 23.7. The minimum atomic E-state index is -0.318. The molecule has 2 rings (SSSR count). The second-order valence-electron chi connectivity index (χ2n) is 5.25. The summed E-state index contributed by atoms with van der Waals surface area (Å²) in [5.41, 5.74) is 1.21. The van der Waals surface area contributed by atoms with Gasteiger partial charge in [-0.25, -0.2) is 4.79 Å². The van der Waals surface area contributed by atoms with Gasteiger partial charge in [0.15, 0.2) is 0 Å². The molecule has 5 heteroatoms. The van der Waals surface area contributed by atoms with E-state index in [1.807, 2.05) is 6.92 Å². The number of ether oxygens (including phenoxy) is 1. The van der Waals surface area contributed by atoms with Crippen molar-refractivity contribution in [3.05, 3.63) is 29.8 Å². The molecular formula is C16H22N2O3. The molecule has 1 heterocycles. The third-order valence-electron chi connectivity index (χ3n) is 3.55. The zero-order valence-corrected chi connectivity index (χ0v) is 12.4. The van der Waals surface area contributed by atoms with Crippen LogP contribution in [-0.4, -0.2) is 31.6 Å². The van der Waals surface area contributed by atoms with Crippen molar-refractivity contribution in [2.45, 2.75) is 26.2 Å². The topological polar surface area (TPSA) is 67.4 Å². The number of anilines is 1. The number of rotatable bonds is 6. The van der Waals surface area contributed by atoms with E-state index in [9.17, 15) is 9.59 Å². The highest BCUT2D eigenvalue weighted by atomic mass is 16.5. The summed E-state index contributed by atoms with van der Waals surface area (Å²) in [6, 6.07) is 6.82. The van der Waals surface area contributed by atoms with Crippen LogP contribution in [0.2, 0.25) is 0 Å². The normalized spacial score (nSPS) is 17.5. The van der Waals surface area contributed by atoms with Crippen LogP contribution >= 0.6 is 0 Å². The maximum Gasteiger partial charge on any atom is 0.338 e. The first-order valence-corrected chi connectivity index (χ1v) is 7.49. The predicted molar refractivity (Wildman–Crippen MR) is 81.2 cm³/mol. The highest BCUT2D eigenvalue weighted by molar-refractivity contribution is 5.94. The van der Waals surface area contributed by atoms with Crippen molar-refractivity contribution in [1.82, 2.24) is 5.32 Å². The number of hydrogen-bond donors (Lipinski definition) is 2. The highest BCUT2D eigenvalue weighted by Crippen LogP contribution is 2.14. The standard InChI is InChI=1S/C16H22N2O3/c1-2-3-10-21-16(20)12-4-6-14(7-5-12)18-15(19)13-8-9-17-11-13/h4-7,13,17H,2-3,8-11H2,1H3,(H,18,19). The quantitative estimate of drug-likeness (QED) is 0.622. The minimum absolute atomic E-state index is 0.0262. The summed E-state index contributed by atoms with van der Waals surface area (Å²) in [5.74, 6) is -0.261. The monoisotopic (exact) mass is 290 g/mol. The molecule has 1 fully saturated rings. The van der Waals surface area contributed by atoms with Gasteiger partial charge < -0.3 is 15.4 Å². The molecule has 0 radical (unpaired) electrons. The number of benzene rings is 1. The second kappa shape index (κ2) is 7.78. The highest BCUT2D eigenvalue weighted by Gasteiger charge is 2.22. The number of hydrogen-bond acceptors (Lipinski definition) is 4. The van der Waals surface area contributed by atoms with Gasteiger partial charge in [-0.05, 0) is 43.7 Å². The third-order valence-corrected chi connectivity index (χ3v) is 3.55. The Labute approximate surface area is 125 Å². The molecule has 1 aromatic rings. The first kappa shape index (κ1) is 15.5. The van der Waals surface area contributed by atoms with Gasteiger partial charge >= 0.3 is 5.97 Å². The average molecular weight is 290 g/mol. The van der Waals surface area contributed by atoms with Crippen LogP contribution in [0, 0.1) is 5.92 Å². The number of esters is 1. The number of unbranched alkanes of at least 4 members (excludes halogenated alkanes) is 1. The summed E-state index contributed by atoms with van der Waals surface area (Å²) < 4.78 is 5.14. The van der Waals surface area contributed by atoms with E-state index in [0.29, 0.717) is 17.9 Å². The van der Waals surface area contributed by atoms with Crippen molar-refractivity contribution in [3.63, 3.8) is 0 Å². The molecule has 0 bridgehead atoms. The lowest BCUT2D eigenvalue weighted by molar-refractivity contribution is -0.119. The van der Waals surface area contributed by atoms with Crippen molar-refractivity contribution in [2.24, 2.45) is 5.92 Å². The number of nitrogens with one attached hydrogen (secondary N) is 2. The van der Waals surface area contributed by atoms with Gasteiger partial charge in [0.1, 0.15) is 0 Å². The van der Waals surface area contributed by atoms with Crippen LogP contribution in [0.4, 0.5) is 5.69 Å². The third kappa shape index (κ3) is 4.56. The maximum absolute atomic E-state index is 12.0. The second-order valence-corrected chi connectivity index (χ2v) is 5.25. The van der Waals surface area contributed by atoms with Crippen LogP contribution in [-0.2, 0) is 9.53 Å². The van der Waals surface area contributed by atoms with E-state index in [-0.39, 0.29) is 17.8 Å². The molecule has 2 N–H and O–H groups in total. The minimum Gasteiger partial charge on any atom is -0.462 e. The lowest BCUT2D eigenvalue weighted by atomic mass is 10.1. The molecule has 1 aromatic carbocycles. The van der Waals surface area contributed by atoms with E-state index >= 15 is 0 Å². The lowest BCUT2D eigenvalue weighted by Gasteiger charge is -2.10. The number of carbonyl (C=O) groups excluding carboxylic acids is 2. The van der Waals surface area contributed by atoms with Crippen LogP contribution < -0.4 is 10.6 Å². The van der Waals surface area contributed by atoms with E-state index in [1.54, 1.807) is 24.3 Å². The number of carbonyl (C=O) groups is 2. The maximum atomic E-state index is 12.0. The Morgan fingerprint density at radius 2 is 2.10 bits per heavy atom. The van der Waals surface area contributed by atoms with Gasteiger partial charge in [0.2, 0.25) is 5.91 Å². The Balaban J connectivity index is 1.86. The summed E-state index contributed by atoms with van der Waals surface area (Å²) in [7, 11) is 0. The van der Waals surface area contributed by atoms with Gasteiger partial charge in [0.05, 0.1) is 18.1 Å². The van der Waals surface area contributed by atoms with Gasteiger partial charge in [-0.1, -0.05) is 13.3 Å². The van der Waals surface area contributed by atoms with Crippen LogP contribution in [0.15, 0.2) is 24.3 Å². The predicted octanol–water partition coefficient (Wildman–Crippen LogP) is 2.19. The fourth-order valence-corrected chi connectivity index (χ4v) is 2.20. The van der Waals surface area contributed by atoms with Crippen LogP contribution in [0.25, 0.3) is 0 Å². The Morgan fingerprint density at radius 3 is 2.71 bits per heavy atom. The van der Waals surface area contributed by atoms with Gasteiger partial charge in [0, 0.05) is 12.2 Å². The molecule has 1 atom stereocenters. The summed E-state index contributed by atoms with van der Waals surface area (Å²) in [5, 5.41) is 6.04. The van der Waals surface area contributed by atoms with Crippen molar-refractivity contribution >= 4 is 17.6 Å². The largest absolute Gasteiger partial charge is 0.462 e. The molecule has 21 heavy (non-hydrogen) atoms. The molecule has 1 amide bonds. The molecule has 1 saturated heterocycles. The molecule has 0 aromatic heterocycles. The molecule has 0 aliphatic carbocycles. The van der Waals surface area contributed by atoms with E-state index in [1.165, 1.54) is 0 Å². The van der Waals surface area contributed by atoms with Gasteiger partial charge in [-0.3, -0.25) is 4.79 Å². The smallest absolute Gasteiger partial charge is 0.338 e. The molecule has 1 aliphatic heterocycles. The molecule has 0 spiro atoms. The first-order valence-electron chi connectivity index (χ1n) is 7.49. The van der Waals surface area contributed by atoms with Crippen molar-refractivity contribution in [3.8, 4) is 0 Å². The summed E-state index contributed by atoms with van der Waals surface area (Å²) in [6.07, 6.45) is 2.73. The van der Waals surface area contributed by atoms with Gasteiger partial charge in [0.25, 0.3) is 0 Å². The molecular weight excluding hydrogens is 268 g/mol. The van der Waals surface area contributed by atoms with Crippen LogP contribution in [0.1, 0.15) is 36.5 Å². The Hall–Kier alpha value is -1.88. The van der Waals surface area contributed by atoms with E-state index in [2.05, 4.69) is 10.6 Å². The fourth-order valence-electron chi connectivity index (χ4n) is 2.20. The van der Waals surface area contributed by atoms with Crippen LogP contribution in [0.3, 0.4) is 0 Å². The van der Waals surface area contributed by atoms with E-state index in [4.69, 9.17) is 4.74 Å². The summed E-state index contributed by atoms with van der Waals surface area (Å²) in [6.45, 7) is 4.11. The average Bonchev–Trinajstić information content (AvgIpc) is 3.02. The fraction of sp³-hybridized carbons (Fsp3) is 0.500. The first-order chi connectivity index (χ1) is 10.2. The van der Waals surface area contributed by atoms with E-state index in [0.717, 1.165) is 32.4 Å². The zero-order chi connectivity index (χ0) is 15.1. The van der Waals surface area contributed by atoms with Gasteiger partial charge in [-0.15, -0.1) is 0 Å².